The molecule has 0 bridgehead atoms. The van der Waals surface area contributed by atoms with Gasteiger partial charge >= 0.3 is 0 Å². The van der Waals surface area contributed by atoms with Crippen LogP contribution in [0.3, 0.4) is 0 Å². The molecule has 1 aromatic heterocycles. The molecule has 1 unspecified atom stereocenters. The molecule has 1 aromatic rings. The number of aliphatic carboxylic acids is 3. The van der Waals surface area contributed by atoms with Crippen molar-refractivity contribution in [3.05, 3.63) is 24.4 Å². The van der Waals surface area contributed by atoms with Crippen LogP contribution in [0.25, 0.3) is 0 Å². The quantitative estimate of drug-likeness (QED) is 0.203. The Morgan fingerprint density at radius 3 is 2.10 bits per heavy atom. The van der Waals surface area contributed by atoms with Crippen LogP contribution in [0.15, 0.2) is 29.4 Å². The van der Waals surface area contributed by atoms with E-state index in [1.54, 1.807) is 25.4 Å². The first-order chi connectivity index (χ1) is 18.2. The van der Waals surface area contributed by atoms with E-state index >= 15 is 0 Å². The number of carboxylic acid groups (broad SMARTS) is 3. The number of carbonyl (C=O) groups excluding carboxylic acids is 2. The van der Waals surface area contributed by atoms with Gasteiger partial charge in [-0.05, 0) is 31.5 Å². The average molecular weight is 556 g/mol. The molecule has 9 N–H and O–H groups in total. The van der Waals surface area contributed by atoms with Crippen LogP contribution in [0.1, 0.15) is 52.9 Å². The van der Waals surface area contributed by atoms with Crippen molar-refractivity contribution in [1.29, 1.82) is 0 Å². The number of aromatic nitrogens is 1. The SMILES string of the molecule is CC(=O)O.CC(=O)O.CC(=O)O.CN(C(=O)C[C@@H](N)CCCCCN)C1CN=C(Nc2ccccn2)NC1=O. The van der Waals surface area contributed by atoms with Gasteiger partial charge in [0, 0.05) is 46.5 Å². The zero-order chi connectivity index (χ0) is 30.4. The number of nitrogens with zero attached hydrogens (tertiary/aromatic N) is 3. The molecule has 0 saturated carbocycles. The molecule has 15 nitrogen and oxygen atoms in total. The smallest absolute Gasteiger partial charge is 0.300 e. The summed E-state index contributed by atoms with van der Waals surface area (Å²) in [6, 6.07) is 4.54. The highest BCUT2D eigenvalue weighted by Gasteiger charge is 2.31. The van der Waals surface area contributed by atoms with Gasteiger partial charge in [0.15, 0.2) is 0 Å². The lowest BCUT2D eigenvalue weighted by molar-refractivity contribution is -0.138. The summed E-state index contributed by atoms with van der Waals surface area (Å²) in [4.78, 5) is 61.7. The normalized spacial score (nSPS) is 14.2. The van der Waals surface area contributed by atoms with Crippen molar-refractivity contribution in [3.8, 4) is 0 Å². The first-order valence-corrected chi connectivity index (χ1v) is 12.0. The van der Waals surface area contributed by atoms with E-state index in [4.69, 9.17) is 41.2 Å². The third-order valence-corrected chi connectivity index (χ3v) is 4.45. The second-order valence-electron chi connectivity index (χ2n) is 8.20. The second kappa shape index (κ2) is 21.9. The van der Waals surface area contributed by atoms with Gasteiger partial charge in [-0.15, -0.1) is 0 Å². The van der Waals surface area contributed by atoms with Crippen LogP contribution in [0.4, 0.5) is 5.82 Å². The molecule has 0 aromatic carbocycles. The average Bonchev–Trinajstić information content (AvgIpc) is 2.81. The maximum Gasteiger partial charge on any atom is 0.300 e. The van der Waals surface area contributed by atoms with Crippen LogP contribution in [0.5, 0.6) is 0 Å². The summed E-state index contributed by atoms with van der Waals surface area (Å²) in [7, 11) is 1.61. The van der Waals surface area contributed by atoms with Gasteiger partial charge < -0.3 is 37.0 Å². The molecule has 0 radical (unpaired) electrons. The Morgan fingerprint density at radius 1 is 1.08 bits per heavy atom. The minimum atomic E-state index is -0.833. The molecule has 2 heterocycles. The van der Waals surface area contributed by atoms with E-state index in [-0.39, 0.29) is 30.8 Å². The second-order valence-corrected chi connectivity index (χ2v) is 8.20. The maximum atomic E-state index is 12.4. The number of aliphatic imine (C=N–C) groups is 1. The van der Waals surface area contributed by atoms with Crippen LogP contribution < -0.4 is 22.1 Å². The van der Waals surface area contributed by atoms with Crippen molar-refractivity contribution < 1.29 is 39.3 Å². The summed E-state index contributed by atoms with van der Waals surface area (Å²) in [5, 5.41) is 27.9. The van der Waals surface area contributed by atoms with Crippen LogP contribution >= 0.6 is 0 Å². The molecule has 0 saturated heterocycles. The van der Waals surface area contributed by atoms with Crippen molar-refractivity contribution in [2.24, 2.45) is 16.5 Å². The summed E-state index contributed by atoms with van der Waals surface area (Å²) < 4.78 is 0. The Bertz CT molecular complexity index is 888. The standard InChI is InChI=1S/C18H29N7O2.3C2H4O2/c1-25(16(26)11-13(20)7-3-2-5-9-19)14-12-22-18(24-17(14)27)23-15-8-4-6-10-21-15;3*1-2(3)4/h4,6,8,10,13-14H,2-3,5,7,9,11-12,19-20H2,1H3,(H2,21,22,23,24,27);3*1H3,(H,3,4)/t13-,14?;;;/m0.../s1. The molecule has 220 valence electrons. The lowest BCUT2D eigenvalue weighted by Crippen LogP contribution is -2.55. The fourth-order valence-corrected chi connectivity index (χ4v) is 2.80. The van der Waals surface area contributed by atoms with Crippen LogP contribution in [0, 0.1) is 0 Å². The molecule has 1 aliphatic rings. The molecule has 2 amide bonds. The number of guanidine groups is 1. The van der Waals surface area contributed by atoms with Crippen molar-refractivity contribution in [3.63, 3.8) is 0 Å². The Hall–Kier alpha value is -4.11. The number of carbonyl (C=O) groups is 5. The molecule has 2 rings (SSSR count). The zero-order valence-corrected chi connectivity index (χ0v) is 22.8. The molecular formula is C24H41N7O8. The fraction of sp³-hybridized carbons (Fsp3) is 0.542. The topological polar surface area (TPSA) is 251 Å². The number of amides is 2. The number of rotatable bonds is 9. The summed E-state index contributed by atoms with van der Waals surface area (Å²) in [6.45, 7) is 4.11. The van der Waals surface area contributed by atoms with Gasteiger partial charge in [0.1, 0.15) is 11.9 Å². The number of unbranched alkanes of at least 4 members (excludes halogenated alkanes) is 2. The molecule has 39 heavy (non-hydrogen) atoms. The van der Waals surface area contributed by atoms with Crippen molar-refractivity contribution in [2.45, 2.75) is 65.0 Å². The lowest BCUT2D eigenvalue weighted by atomic mass is 10.0. The van der Waals surface area contributed by atoms with Crippen LogP contribution in [0.2, 0.25) is 0 Å². The van der Waals surface area contributed by atoms with E-state index in [2.05, 4.69) is 20.6 Å². The Kier molecular flexibility index (Phi) is 20.8. The molecule has 2 atom stereocenters. The largest absolute Gasteiger partial charge is 0.481 e. The van der Waals surface area contributed by atoms with Gasteiger partial charge in [0.2, 0.25) is 11.9 Å². The summed E-state index contributed by atoms with van der Waals surface area (Å²) in [5.74, 6) is -2.03. The van der Waals surface area contributed by atoms with Crippen LogP contribution in [-0.4, -0.2) is 93.1 Å². The minimum Gasteiger partial charge on any atom is -0.481 e. The fourth-order valence-electron chi connectivity index (χ4n) is 2.80. The number of nitrogens with one attached hydrogen (secondary N) is 2. The van der Waals surface area contributed by atoms with Gasteiger partial charge in [-0.1, -0.05) is 18.9 Å². The molecule has 0 aliphatic carbocycles. The van der Waals surface area contributed by atoms with Gasteiger partial charge in [-0.2, -0.15) is 0 Å². The van der Waals surface area contributed by atoms with Crippen molar-refractivity contribution in [2.75, 3.05) is 25.5 Å². The highest BCUT2D eigenvalue weighted by molar-refractivity contribution is 6.07. The van der Waals surface area contributed by atoms with E-state index < -0.39 is 23.9 Å². The number of pyridine rings is 1. The summed E-state index contributed by atoms with van der Waals surface area (Å²) in [6.07, 6.45) is 5.56. The van der Waals surface area contributed by atoms with E-state index in [1.807, 2.05) is 6.07 Å². The summed E-state index contributed by atoms with van der Waals surface area (Å²) in [5.41, 5.74) is 11.5. The third kappa shape index (κ3) is 22.8. The summed E-state index contributed by atoms with van der Waals surface area (Å²) >= 11 is 0. The number of nitrogens with two attached hydrogens (primary N) is 2. The van der Waals surface area contributed by atoms with E-state index in [9.17, 15) is 9.59 Å². The molecule has 0 fully saturated rings. The zero-order valence-electron chi connectivity index (χ0n) is 22.8. The Labute approximate surface area is 227 Å². The first kappa shape index (κ1) is 37.0. The van der Waals surface area contributed by atoms with E-state index in [0.29, 0.717) is 18.3 Å². The number of hydrogen-bond acceptors (Lipinski definition) is 10. The van der Waals surface area contributed by atoms with Gasteiger partial charge in [-0.3, -0.25) is 29.3 Å². The number of likely N-dealkylation sites (N-methyl/N-ethyl adjacent to an activating group) is 1. The number of carboxylic acids is 3. The minimum absolute atomic E-state index is 0.155. The highest BCUT2D eigenvalue weighted by atomic mass is 16.4. The van der Waals surface area contributed by atoms with E-state index in [1.165, 1.54) is 4.90 Å². The lowest BCUT2D eigenvalue weighted by Gasteiger charge is -2.30. The van der Waals surface area contributed by atoms with Gasteiger partial charge in [-0.25, -0.2) is 9.98 Å². The maximum absolute atomic E-state index is 12.4. The Balaban J connectivity index is 0. The molecule has 1 aliphatic heterocycles. The van der Waals surface area contributed by atoms with Crippen molar-refractivity contribution in [1.82, 2.24) is 15.2 Å². The molecule has 15 heteroatoms. The number of hydrogen-bond donors (Lipinski definition) is 7. The third-order valence-electron chi connectivity index (χ3n) is 4.45. The predicted octanol–water partition coefficient (Wildman–Crippen LogP) is 0.316. The molecule has 0 spiro atoms. The van der Waals surface area contributed by atoms with Crippen LogP contribution in [-0.2, 0) is 24.0 Å². The highest BCUT2D eigenvalue weighted by Crippen LogP contribution is 2.10. The van der Waals surface area contributed by atoms with Gasteiger partial charge in [0.25, 0.3) is 23.8 Å². The van der Waals surface area contributed by atoms with Gasteiger partial charge in [0.05, 0.1) is 6.54 Å². The monoisotopic (exact) mass is 555 g/mol. The van der Waals surface area contributed by atoms with E-state index in [0.717, 1.165) is 46.5 Å². The number of anilines is 1. The Morgan fingerprint density at radius 2 is 1.64 bits per heavy atom. The first-order valence-electron chi connectivity index (χ1n) is 12.0. The molecular weight excluding hydrogens is 514 g/mol. The predicted molar refractivity (Wildman–Crippen MR) is 145 cm³/mol. The van der Waals surface area contributed by atoms with Crippen molar-refractivity contribution >= 4 is 41.5 Å².